The number of furan rings is 1. The predicted octanol–water partition coefficient (Wildman–Crippen LogP) is 6.31. The molecule has 1 aliphatic carbocycles. The molecule has 0 amide bonds. The fourth-order valence-electron chi connectivity index (χ4n) is 5.00. The van der Waals surface area contributed by atoms with Crippen LogP contribution in [0.2, 0.25) is 0 Å². The minimum atomic E-state index is 0.348. The third-order valence-corrected chi connectivity index (χ3v) is 6.91. The van der Waals surface area contributed by atoms with Crippen LogP contribution in [-0.2, 0) is 6.54 Å². The van der Waals surface area contributed by atoms with Crippen LogP contribution in [0.5, 0.6) is 0 Å². The maximum absolute atomic E-state index is 9.22. The Labute approximate surface area is 195 Å². The Morgan fingerprint density at radius 1 is 0.970 bits per heavy atom. The summed E-state index contributed by atoms with van der Waals surface area (Å²) in [5.74, 6) is 0. The Kier molecular flexibility index (Phi) is 6.00. The lowest BCUT2D eigenvalue weighted by Crippen LogP contribution is -2.36. The summed E-state index contributed by atoms with van der Waals surface area (Å²) in [7, 11) is 0. The number of nitrogens with one attached hydrogen (secondary N) is 1. The minimum Gasteiger partial charge on any atom is -0.464 e. The fraction of sp³-hybridized carbons (Fsp3) is 0.276. The van der Waals surface area contributed by atoms with E-state index < -0.39 is 0 Å². The van der Waals surface area contributed by atoms with E-state index in [1.807, 2.05) is 30.5 Å². The highest BCUT2D eigenvalue weighted by atomic mass is 16.3. The van der Waals surface area contributed by atoms with Gasteiger partial charge in [0.15, 0.2) is 0 Å². The normalized spacial score (nSPS) is 18.3. The molecule has 1 aliphatic rings. The summed E-state index contributed by atoms with van der Waals surface area (Å²) in [5, 5.41) is 14.1. The summed E-state index contributed by atoms with van der Waals surface area (Å²) in [5.41, 5.74) is 14.7. The van der Waals surface area contributed by atoms with Crippen LogP contribution < -0.4 is 11.1 Å². The van der Waals surface area contributed by atoms with Gasteiger partial charge in [0.2, 0.25) is 0 Å². The van der Waals surface area contributed by atoms with Gasteiger partial charge in [-0.1, -0.05) is 42.5 Å². The van der Waals surface area contributed by atoms with Crippen molar-refractivity contribution in [3.8, 4) is 28.3 Å². The first kappa shape index (κ1) is 21.5. The Morgan fingerprint density at radius 3 is 2.45 bits per heavy atom. The van der Waals surface area contributed by atoms with Crippen molar-refractivity contribution in [2.75, 3.05) is 0 Å². The van der Waals surface area contributed by atoms with E-state index >= 15 is 0 Å². The Balaban J connectivity index is 1.61. The monoisotopic (exact) mass is 435 g/mol. The van der Waals surface area contributed by atoms with E-state index in [4.69, 9.17) is 10.2 Å². The van der Waals surface area contributed by atoms with Gasteiger partial charge >= 0.3 is 0 Å². The number of nitrogens with two attached hydrogens (primary N) is 1. The van der Waals surface area contributed by atoms with Gasteiger partial charge < -0.3 is 15.5 Å². The lowest BCUT2D eigenvalue weighted by molar-refractivity contribution is 0.341. The van der Waals surface area contributed by atoms with Crippen LogP contribution in [0, 0.1) is 18.3 Å². The number of aryl methyl sites for hydroxylation is 1. The largest absolute Gasteiger partial charge is 0.464 e. The molecule has 166 valence electrons. The van der Waals surface area contributed by atoms with Gasteiger partial charge in [-0.15, -0.1) is 0 Å². The van der Waals surface area contributed by atoms with Gasteiger partial charge in [0.25, 0.3) is 0 Å². The number of hydrogen-bond acceptors (Lipinski definition) is 4. The zero-order chi connectivity index (χ0) is 22.8. The predicted molar refractivity (Wildman–Crippen MR) is 134 cm³/mol. The maximum Gasteiger partial charge on any atom is 0.134 e. The molecule has 33 heavy (non-hydrogen) atoms. The van der Waals surface area contributed by atoms with Gasteiger partial charge in [-0.25, -0.2) is 0 Å². The van der Waals surface area contributed by atoms with Gasteiger partial charge in [0.05, 0.1) is 17.9 Å². The van der Waals surface area contributed by atoms with E-state index in [2.05, 4.69) is 54.7 Å². The van der Waals surface area contributed by atoms with Crippen LogP contribution in [0.1, 0.15) is 42.4 Å². The molecule has 1 fully saturated rings. The van der Waals surface area contributed by atoms with Crippen LogP contribution in [0.4, 0.5) is 0 Å². The summed E-state index contributed by atoms with van der Waals surface area (Å²) < 4.78 is 6.03. The van der Waals surface area contributed by atoms with Crippen LogP contribution in [0.15, 0.2) is 71.3 Å². The highest BCUT2D eigenvalue weighted by molar-refractivity contribution is 6.04. The summed E-state index contributed by atoms with van der Waals surface area (Å²) in [6.07, 6.45) is 6.31. The van der Waals surface area contributed by atoms with Crippen molar-refractivity contribution in [1.29, 1.82) is 5.26 Å². The average Bonchev–Trinajstić information content (AvgIpc) is 3.27. The van der Waals surface area contributed by atoms with Gasteiger partial charge in [0, 0.05) is 35.1 Å². The van der Waals surface area contributed by atoms with E-state index in [0.29, 0.717) is 17.6 Å². The van der Waals surface area contributed by atoms with Gasteiger partial charge in [-0.2, -0.15) is 5.26 Å². The topological polar surface area (TPSA) is 75.0 Å². The van der Waals surface area contributed by atoms with Crippen LogP contribution in [0.25, 0.3) is 33.2 Å². The number of nitriles is 1. The quantitative estimate of drug-likeness (QED) is 0.385. The zero-order valence-corrected chi connectivity index (χ0v) is 19.0. The molecular formula is C29H29N3O. The Bertz CT molecular complexity index is 1310. The van der Waals surface area contributed by atoms with E-state index in [1.54, 1.807) is 0 Å². The molecule has 4 nitrogen and oxygen atoms in total. The van der Waals surface area contributed by atoms with E-state index in [9.17, 15) is 5.26 Å². The molecular weight excluding hydrogens is 406 g/mol. The van der Waals surface area contributed by atoms with Crippen molar-refractivity contribution >= 4 is 11.0 Å². The van der Waals surface area contributed by atoms with Crippen molar-refractivity contribution in [3.05, 3.63) is 83.6 Å². The molecule has 4 aromatic rings. The van der Waals surface area contributed by atoms with Crippen molar-refractivity contribution in [3.63, 3.8) is 0 Å². The molecule has 3 aromatic carbocycles. The number of nitrogens with zero attached hydrogens (tertiary/aromatic N) is 1. The highest BCUT2D eigenvalue weighted by Crippen LogP contribution is 2.41. The molecule has 0 atom stereocenters. The molecule has 4 heteroatoms. The third kappa shape index (κ3) is 4.30. The highest BCUT2D eigenvalue weighted by Gasteiger charge is 2.21. The number of rotatable bonds is 5. The van der Waals surface area contributed by atoms with Crippen LogP contribution in [-0.4, -0.2) is 12.1 Å². The average molecular weight is 436 g/mol. The number of hydrogen-bond donors (Lipinski definition) is 2. The summed E-state index contributed by atoms with van der Waals surface area (Å²) >= 11 is 0. The zero-order valence-electron chi connectivity index (χ0n) is 19.0. The molecule has 0 bridgehead atoms. The molecule has 1 aromatic heterocycles. The molecule has 0 aliphatic heterocycles. The van der Waals surface area contributed by atoms with E-state index in [-0.39, 0.29) is 0 Å². The SMILES string of the molecule is Cc1ccccc1-c1c(-c2ccc(C#N)cc2)ccc2occ(CNC3CCC(N)CC3)c12. The number of benzene rings is 3. The second kappa shape index (κ2) is 9.23. The van der Waals surface area contributed by atoms with Crippen LogP contribution >= 0.6 is 0 Å². The van der Waals surface area contributed by atoms with Crippen molar-refractivity contribution in [1.82, 2.24) is 5.32 Å². The second-order valence-corrected chi connectivity index (χ2v) is 9.12. The molecule has 3 N–H and O–H groups in total. The molecule has 0 unspecified atom stereocenters. The molecule has 1 saturated carbocycles. The Hall–Kier alpha value is -3.39. The lowest BCUT2D eigenvalue weighted by Gasteiger charge is -2.27. The molecule has 0 saturated heterocycles. The molecule has 0 radical (unpaired) electrons. The first-order valence-electron chi connectivity index (χ1n) is 11.7. The molecule has 1 heterocycles. The first-order valence-corrected chi connectivity index (χ1v) is 11.7. The van der Waals surface area contributed by atoms with Crippen molar-refractivity contribution in [2.45, 2.75) is 51.2 Å². The molecule has 0 spiro atoms. The van der Waals surface area contributed by atoms with Crippen LogP contribution in [0.3, 0.4) is 0 Å². The standard InChI is InChI=1S/C29H29N3O/c1-19-4-2-3-5-25(19)29-26(21-8-6-20(16-30)7-9-21)14-15-27-28(29)22(18-33-27)17-32-24-12-10-23(31)11-13-24/h2-9,14-15,18,23-24,32H,10-13,17,31H2,1H3. The summed E-state index contributed by atoms with van der Waals surface area (Å²) in [4.78, 5) is 0. The maximum atomic E-state index is 9.22. The molecule has 5 rings (SSSR count). The van der Waals surface area contributed by atoms with Crippen molar-refractivity contribution in [2.24, 2.45) is 5.73 Å². The lowest BCUT2D eigenvalue weighted by atomic mass is 9.88. The minimum absolute atomic E-state index is 0.348. The smallest absolute Gasteiger partial charge is 0.134 e. The summed E-state index contributed by atoms with van der Waals surface area (Å²) in [6, 6.07) is 23.6. The first-order chi connectivity index (χ1) is 16.1. The Morgan fingerprint density at radius 2 is 1.73 bits per heavy atom. The van der Waals surface area contributed by atoms with Gasteiger partial charge in [-0.05, 0) is 73.1 Å². The fourth-order valence-corrected chi connectivity index (χ4v) is 5.00. The summed E-state index contributed by atoms with van der Waals surface area (Å²) in [6.45, 7) is 2.92. The van der Waals surface area contributed by atoms with Gasteiger partial charge in [0.1, 0.15) is 5.58 Å². The second-order valence-electron chi connectivity index (χ2n) is 9.12. The van der Waals surface area contributed by atoms with E-state index in [1.165, 1.54) is 22.3 Å². The van der Waals surface area contributed by atoms with Gasteiger partial charge in [-0.3, -0.25) is 0 Å². The van der Waals surface area contributed by atoms with Crippen molar-refractivity contribution < 1.29 is 4.42 Å². The van der Waals surface area contributed by atoms with E-state index in [0.717, 1.165) is 54.3 Å². The third-order valence-electron chi connectivity index (χ3n) is 6.91. The number of fused-ring (bicyclic) bond motifs is 1.